The summed E-state index contributed by atoms with van der Waals surface area (Å²) in [6.07, 6.45) is 18.1. The van der Waals surface area contributed by atoms with Crippen molar-refractivity contribution in [1.29, 1.82) is 0 Å². The summed E-state index contributed by atoms with van der Waals surface area (Å²) < 4.78 is 36.0. The van der Waals surface area contributed by atoms with Gasteiger partial charge >= 0.3 is 33.1 Å². The maximum absolute atomic E-state index is 6.13. The van der Waals surface area contributed by atoms with Gasteiger partial charge in [0.2, 0.25) is 0 Å². The number of unbranched alkanes of at least 4 members (excludes halogenated alkanes) is 7. The first-order valence-corrected chi connectivity index (χ1v) is 30.4. The molecular weight excluding hydrogens is 1070 g/mol. The maximum atomic E-state index is 6.13. The van der Waals surface area contributed by atoms with Crippen molar-refractivity contribution < 1.29 is 47.0 Å². The first-order valence-electron chi connectivity index (χ1n) is 26.4. The number of hydrogen-bond acceptors (Lipinski definition) is 9. The van der Waals surface area contributed by atoms with Crippen molar-refractivity contribution >= 4 is 87.7 Å². The molecule has 4 fully saturated rings. The van der Waals surface area contributed by atoms with E-state index in [4.69, 9.17) is 28.1 Å². The van der Waals surface area contributed by atoms with Gasteiger partial charge < -0.3 is 35.0 Å². The van der Waals surface area contributed by atoms with Gasteiger partial charge in [0, 0.05) is 50.1 Å². The van der Waals surface area contributed by atoms with Gasteiger partial charge in [-0.3, -0.25) is 0 Å². The zero-order valence-corrected chi connectivity index (χ0v) is 52.7. The average molecular weight is 1160 g/mol. The van der Waals surface area contributed by atoms with E-state index in [2.05, 4.69) is 190 Å². The summed E-state index contributed by atoms with van der Waals surface area (Å²) in [5.41, 5.74) is 0.212. The van der Waals surface area contributed by atoms with Crippen LogP contribution in [0.4, 0.5) is 0 Å². The zero-order chi connectivity index (χ0) is 52.5. The molecule has 0 amide bonds. The van der Waals surface area contributed by atoms with Crippen LogP contribution in [0.1, 0.15) is 180 Å². The molecule has 4 saturated heterocycles. The quantitative estimate of drug-likeness (QED) is 0.0531. The molecule has 14 heteroatoms. The van der Waals surface area contributed by atoms with Gasteiger partial charge in [-0.1, -0.05) is 136 Å². The van der Waals surface area contributed by atoms with Gasteiger partial charge in [-0.05, 0) is 165 Å². The zero-order valence-electron chi connectivity index (χ0n) is 47.0. The predicted molar refractivity (Wildman–Crippen MR) is 319 cm³/mol. The smallest absolute Gasteiger partial charge is 0.403 e. The van der Waals surface area contributed by atoms with Crippen molar-refractivity contribution in [2.75, 3.05) is 37.9 Å². The number of hydrogen-bond donors (Lipinski definition) is 1. The Labute approximate surface area is 480 Å². The fraction of sp³-hybridized carbons (Fsp3) is 0.667. The number of halogens is 2. The van der Waals surface area contributed by atoms with Crippen LogP contribution in [-0.4, -0.2) is 74.6 Å². The molecule has 0 N–H and O–H groups in total. The van der Waals surface area contributed by atoms with Gasteiger partial charge in [-0.25, -0.2) is 0 Å². The van der Waals surface area contributed by atoms with Crippen LogP contribution in [0.5, 0.6) is 0 Å². The Kier molecular flexibility index (Phi) is 40.5. The molecule has 71 heavy (non-hydrogen) atoms. The van der Waals surface area contributed by atoms with Gasteiger partial charge in [-0.15, -0.1) is 36.2 Å². The Balaban J connectivity index is 0.000000869. The molecule has 0 saturated carbocycles. The molecule has 0 unspecified atom stereocenters. The topological polar surface area (TPSA) is 55.4 Å². The van der Waals surface area contributed by atoms with E-state index in [-0.39, 0.29) is 55.5 Å². The van der Waals surface area contributed by atoms with Crippen molar-refractivity contribution in [2.24, 2.45) is 0 Å². The molecule has 0 bridgehead atoms. The fourth-order valence-electron chi connectivity index (χ4n) is 6.38. The largest absolute Gasteiger partial charge is 1.00 e. The van der Waals surface area contributed by atoms with E-state index in [1.54, 1.807) is 0 Å². The second kappa shape index (κ2) is 40.4. The summed E-state index contributed by atoms with van der Waals surface area (Å²) in [6, 6.07) is 24.9. The third-order valence-corrected chi connectivity index (χ3v) is 15.8. The van der Waals surface area contributed by atoms with Gasteiger partial charge in [0.15, 0.2) is 0 Å². The van der Waals surface area contributed by atoms with E-state index in [1.807, 2.05) is 47.8 Å². The molecule has 6 nitrogen and oxygen atoms in total. The molecule has 0 radical (unpaired) electrons. The second-order valence-electron chi connectivity index (χ2n) is 20.3. The number of ether oxygens (including phenoxy) is 2. The second-order valence-corrected chi connectivity index (χ2v) is 25.0. The molecule has 0 aromatic heterocycles. The Morgan fingerprint density at radius 3 is 1.28 bits per heavy atom. The molecule has 4 aliphatic rings. The number of thiol groups is 1. The van der Waals surface area contributed by atoms with E-state index >= 15 is 0 Å². The first-order chi connectivity index (χ1) is 33.1. The van der Waals surface area contributed by atoms with Crippen LogP contribution in [0, 0.1) is 6.92 Å². The molecular formula is C57H95B2Br2LiO6S3. The normalized spacial score (nSPS) is 17.5. The molecule has 4 aliphatic heterocycles. The van der Waals surface area contributed by atoms with Gasteiger partial charge in [-0.2, -0.15) is 6.42 Å². The van der Waals surface area contributed by atoms with Crippen molar-refractivity contribution in [3.63, 3.8) is 0 Å². The van der Waals surface area contributed by atoms with Crippen LogP contribution in [0.15, 0.2) is 96.4 Å². The van der Waals surface area contributed by atoms with Crippen LogP contribution < -0.4 is 24.3 Å². The number of rotatable bonds is 15. The summed E-state index contributed by atoms with van der Waals surface area (Å²) in [6.45, 7) is 35.2. The molecule has 3 aromatic rings. The molecule has 7 rings (SSSR count). The van der Waals surface area contributed by atoms with Gasteiger partial charge in [0.1, 0.15) is 0 Å². The Bertz CT molecular complexity index is 1690. The minimum Gasteiger partial charge on any atom is -0.403 e. The Morgan fingerprint density at radius 1 is 0.563 bits per heavy atom. The Morgan fingerprint density at radius 2 is 0.958 bits per heavy atom. The van der Waals surface area contributed by atoms with E-state index < -0.39 is 0 Å². The van der Waals surface area contributed by atoms with E-state index in [0.717, 1.165) is 47.7 Å². The van der Waals surface area contributed by atoms with Crippen LogP contribution in [0.25, 0.3) is 0 Å². The van der Waals surface area contributed by atoms with E-state index in [9.17, 15) is 0 Å². The molecule has 3 aromatic carbocycles. The molecule has 398 valence electrons. The summed E-state index contributed by atoms with van der Waals surface area (Å²) in [7, 11) is -0.305. The van der Waals surface area contributed by atoms with Crippen molar-refractivity contribution in [3.8, 4) is 0 Å². The Hall–Kier alpha value is 0.157. The fourth-order valence-corrected chi connectivity index (χ4v) is 9.68. The summed E-state index contributed by atoms with van der Waals surface area (Å²) in [5.74, 6) is 2.86. The van der Waals surface area contributed by atoms with E-state index in [1.165, 1.54) is 109 Å². The summed E-state index contributed by atoms with van der Waals surface area (Å²) in [5, 5.41) is 0. The number of thioether (sulfide) groups is 2. The maximum Gasteiger partial charge on any atom is 1.00 e. The molecule has 0 aliphatic carbocycles. The van der Waals surface area contributed by atoms with Crippen LogP contribution >= 0.6 is 68.0 Å². The average Bonchev–Trinajstić information content (AvgIpc) is 4.15. The molecule has 4 heterocycles. The third-order valence-electron chi connectivity index (χ3n) is 12.3. The van der Waals surface area contributed by atoms with Crippen LogP contribution in [0.2, 0.25) is 5.82 Å². The van der Waals surface area contributed by atoms with Crippen molar-refractivity contribution in [3.05, 3.63) is 88.7 Å². The summed E-state index contributed by atoms with van der Waals surface area (Å²) in [4.78, 5) is 3.67. The minimum atomic E-state index is -0.277. The van der Waals surface area contributed by atoms with Crippen LogP contribution in [-0.2, 0) is 28.1 Å². The van der Waals surface area contributed by atoms with Crippen LogP contribution in [0.3, 0.4) is 0 Å². The molecule has 0 atom stereocenters. The first kappa shape index (κ1) is 71.2. The molecule has 0 spiro atoms. The van der Waals surface area contributed by atoms with E-state index in [0.29, 0.717) is 5.82 Å². The monoisotopic (exact) mass is 1160 g/mol. The predicted octanol–water partition coefficient (Wildman–Crippen LogP) is 15.2. The minimum absolute atomic E-state index is 0. The van der Waals surface area contributed by atoms with Gasteiger partial charge in [0.25, 0.3) is 0 Å². The van der Waals surface area contributed by atoms with Crippen molar-refractivity contribution in [1.82, 2.24) is 0 Å². The standard InChI is InChI=1S/C18H29BO2S.C12H17BrS.C9H19BO2.C6H5BrS.2C4H8O.C4H9.Li/c1-6-7-8-9-13-22-16-12-10-11-15(14-16)19-20-17(2,3)18(4,5)21-19;1-2-3-4-5-9-14-12-8-6-7-11(13)10-12;1-7(2)10-11-8(3,4)9(5,6)12-10;7-5-2-1-3-6(8)4-5;2*1-2-4-5-3-1;1-3-4-2;/h10-12,14H,6-9,13H2,1-5H3;6-8,10H,2-5,9H2,1H3;7H,1-6H3;1-4,8H;2*1-4H2;1,3-4H2,2H3;/q;;;;;;-1;+1. The SMILES string of the molecule is C1CCOC1.C1CCOC1.CC(C)B1OC(C)(C)C(C)(C)O1.CCCCCCSc1cccc(B2OC(C)(C)C(C)(C)O2)c1.CCCCCCSc1cccc(Br)c1.Sc1cccc(Br)c1.[CH2-]CCC.[Li+]. The van der Waals surface area contributed by atoms with Gasteiger partial charge in [0.05, 0.1) is 22.4 Å². The van der Waals surface area contributed by atoms with Crippen molar-refractivity contribution in [2.45, 2.75) is 223 Å². The summed E-state index contributed by atoms with van der Waals surface area (Å²) >= 11 is 14.8. The number of benzene rings is 3. The third kappa shape index (κ3) is 31.8.